The van der Waals surface area contributed by atoms with E-state index in [9.17, 15) is 0 Å². The zero-order valence-corrected chi connectivity index (χ0v) is 10.3. The smallest absolute Gasteiger partial charge is 0.00167 e. The van der Waals surface area contributed by atoms with E-state index in [1.807, 2.05) is 0 Å². The molecule has 0 bridgehead atoms. The molecule has 0 atom stereocenters. The number of hydrogen-bond donors (Lipinski definition) is 0. The van der Waals surface area contributed by atoms with Gasteiger partial charge in [0.2, 0.25) is 0 Å². The van der Waals surface area contributed by atoms with E-state index < -0.39 is 0 Å². The first kappa shape index (κ1) is 18.2. The fraction of sp³-hybridized carbons (Fsp3) is 0.300. The number of rotatable bonds is 0. The summed E-state index contributed by atoms with van der Waals surface area (Å²) >= 11 is 0. The molecule has 3 rings (SSSR count). The molecule has 0 nitrogen and oxygen atoms in total. The highest BCUT2D eigenvalue weighted by molar-refractivity contribution is 5.83. The molecule has 0 radical (unpaired) electrons. The third kappa shape index (κ3) is 3.39. The minimum atomic E-state index is 0. The van der Waals surface area contributed by atoms with Crippen molar-refractivity contribution in [2.45, 2.75) is 36.1 Å². The summed E-state index contributed by atoms with van der Waals surface area (Å²) in [7, 11) is 0. The van der Waals surface area contributed by atoms with E-state index in [0.717, 1.165) is 0 Å². The fourth-order valence-electron chi connectivity index (χ4n) is 2.39. The van der Waals surface area contributed by atoms with Gasteiger partial charge in [0, 0.05) is 5.41 Å². The highest BCUT2D eigenvalue weighted by Gasteiger charge is 2.10. The molecule has 0 unspecified atom stereocenters. The lowest BCUT2D eigenvalue weighted by Crippen LogP contribution is -2.25. The van der Waals surface area contributed by atoms with Crippen molar-refractivity contribution in [1.29, 1.82) is 0 Å². The van der Waals surface area contributed by atoms with Gasteiger partial charge in [0.1, 0.15) is 0 Å². The Morgan fingerprint density at radius 2 is 1.35 bits per heavy atom. The number of allylic oxidation sites excluding steroid dienone is 2. The van der Waals surface area contributed by atoms with Gasteiger partial charge in [0.25, 0.3) is 0 Å². The molecule has 1 aliphatic carbocycles. The second-order valence-corrected chi connectivity index (χ2v) is 5.32. The van der Waals surface area contributed by atoms with E-state index in [2.05, 4.69) is 74.5 Å². The van der Waals surface area contributed by atoms with Gasteiger partial charge in [0.05, 0.1) is 0 Å². The molecule has 0 amide bonds. The first-order valence-corrected chi connectivity index (χ1v) is 6.05. The molecule has 0 aromatic heterocycles. The highest BCUT2D eigenvalue weighted by atomic mass is 14.1. The van der Waals surface area contributed by atoms with Gasteiger partial charge in [-0.2, -0.15) is 0 Å². The number of fused-ring (bicyclic) bond motifs is 2. The van der Waals surface area contributed by atoms with Crippen molar-refractivity contribution >= 4 is 22.9 Å². The Morgan fingerprint density at radius 3 is 1.95 bits per heavy atom. The molecule has 0 saturated carbocycles. The molecule has 0 N–H and O–H groups in total. The lowest BCUT2D eigenvalue weighted by Gasteiger charge is -2.13. The maximum atomic E-state index is 2.34. The Bertz CT molecular complexity index is 715. The van der Waals surface area contributed by atoms with E-state index >= 15 is 0 Å². The van der Waals surface area contributed by atoms with Crippen molar-refractivity contribution in [3.05, 3.63) is 59.0 Å². The second kappa shape index (κ2) is 6.56. The lowest BCUT2D eigenvalue weighted by atomic mass is 9.92. The van der Waals surface area contributed by atoms with Crippen LogP contribution < -0.4 is 10.4 Å². The van der Waals surface area contributed by atoms with Crippen LogP contribution in [-0.2, 0) is 0 Å². The number of benzene rings is 2. The highest BCUT2D eigenvalue weighted by Crippen LogP contribution is 2.20. The molecular weight excluding hydrogens is 240 g/mol. The Kier molecular flexibility index (Phi) is 5.96. The molecule has 108 valence electrons. The molecule has 0 heterocycles. The van der Waals surface area contributed by atoms with Gasteiger partial charge in [-0.1, -0.05) is 84.7 Å². The predicted molar refractivity (Wildman–Crippen MR) is 95.2 cm³/mol. The Morgan fingerprint density at radius 1 is 0.800 bits per heavy atom. The van der Waals surface area contributed by atoms with E-state index in [4.69, 9.17) is 0 Å². The van der Waals surface area contributed by atoms with Crippen LogP contribution in [0.2, 0.25) is 0 Å². The molecule has 0 aliphatic heterocycles. The average molecular weight is 268 g/mol. The molecule has 1 aliphatic rings. The lowest BCUT2D eigenvalue weighted by molar-refractivity contribution is 0.671. The van der Waals surface area contributed by atoms with Crippen LogP contribution >= 0.6 is 0 Å². The van der Waals surface area contributed by atoms with E-state index in [1.165, 1.54) is 21.2 Å². The third-order valence-corrected chi connectivity index (χ3v) is 3.28. The zero-order chi connectivity index (χ0) is 11.9. The fourth-order valence-corrected chi connectivity index (χ4v) is 2.39. The van der Waals surface area contributed by atoms with Crippen LogP contribution in [0.3, 0.4) is 0 Å². The van der Waals surface area contributed by atoms with Gasteiger partial charge in [0.15, 0.2) is 0 Å². The second-order valence-electron chi connectivity index (χ2n) is 5.32. The van der Waals surface area contributed by atoms with Gasteiger partial charge in [-0.3, -0.25) is 0 Å². The summed E-state index contributed by atoms with van der Waals surface area (Å²) < 4.78 is 0. The summed E-state index contributed by atoms with van der Waals surface area (Å²) in [5, 5.41) is 5.27. The Balaban J connectivity index is 0.00000120. The largest absolute Gasteiger partial charge is 0.0776 e. The standard InChI is InChI=1S/C17H16.3CH4/c1-17(2)9-5-8-15-10-13-6-3-4-7-14(13)11-16(15)12-17;;;/h3-12H,1-2H3;3*1H4. The SMILES string of the molecule is C.C.C.CC1(C)C=CC=c2cc3ccccc3cc2=C1. The quantitative estimate of drug-likeness (QED) is 0.637. The third-order valence-electron chi connectivity index (χ3n) is 3.28. The normalized spacial score (nSPS) is 14.3. The minimum absolute atomic E-state index is 0. The van der Waals surface area contributed by atoms with Gasteiger partial charge >= 0.3 is 0 Å². The van der Waals surface area contributed by atoms with E-state index in [1.54, 1.807) is 0 Å². The Hall–Kier alpha value is -1.82. The molecule has 0 spiro atoms. The van der Waals surface area contributed by atoms with Crippen molar-refractivity contribution < 1.29 is 0 Å². The molecule has 2 aromatic carbocycles. The maximum absolute atomic E-state index is 2.34. The van der Waals surface area contributed by atoms with Crippen LogP contribution in [-0.4, -0.2) is 0 Å². The molecule has 20 heavy (non-hydrogen) atoms. The van der Waals surface area contributed by atoms with Crippen LogP contribution in [0.5, 0.6) is 0 Å². The van der Waals surface area contributed by atoms with Gasteiger partial charge in [-0.15, -0.1) is 0 Å². The van der Waals surface area contributed by atoms with Crippen molar-refractivity contribution in [3.63, 3.8) is 0 Å². The summed E-state index contributed by atoms with van der Waals surface area (Å²) in [6.45, 7) is 4.48. The molecule has 0 fully saturated rings. The van der Waals surface area contributed by atoms with Crippen LogP contribution in [0.15, 0.2) is 48.6 Å². The van der Waals surface area contributed by atoms with Crippen molar-refractivity contribution in [2.24, 2.45) is 5.41 Å². The van der Waals surface area contributed by atoms with Crippen molar-refractivity contribution in [3.8, 4) is 0 Å². The average Bonchev–Trinajstić information content (AvgIpc) is 2.42. The van der Waals surface area contributed by atoms with E-state index in [0.29, 0.717) is 0 Å². The maximum Gasteiger partial charge on any atom is 0.00167 e. The molecular formula is C20H28. The van der Waals surface area contributed by atoms with Crippen LogP contribution in [0.4, 0.5) is 0 Å². The Labute approximate surface area is 124 Å². The van der Waals surface area contributed by atoms with Crippen LogP contribution in [0, 0.1) is 5.41 Å². The first-order valence-electron chi connectivity index (χ1n) is 6.05. The van der Waals surface area contributed by atoms with Gasteiger partial charge < -0.3 is 0 Å². The van der Waals surface area contributed by atoms with Gasteiger partial charge in [-0.05, 0) is 33.3 Å². The van der Waals surface area contributed by atoms with Gasteiger partial charge in [-0.25, -0.2) is 0 Å². The first-order chi connectivity index (χ1) is 8.14. The summed E-state index contributed by atoms with van der Waals surface area (Å²) in [4.78, 5) is 0. The topological polar surface area (TPSA) is 0 Å². The zero-order valence-electron chi connectivity index (χ0n) is 10.3. The molecule has 0 heteroatoms. The van der Waals surface area contributed by atoms with Crippen LogP contribution in [0.1, 0.15) is 36.1 Å². The van der Waals surface area contributed by atoms with Crippen LogP contribution in [0.25, 0.3) is 22.9 Å². The van der Waals surface area contributed by atoms with Crippen molar-refractivity contribution in [1.82, 2.24) is 0 Å². The summed E-state index contributed by atoms with van der Waals surface area (Å²) in [6, 6.07) is 13.1. The van der Waals surface area contributed by atoms with E-state index in [-0.39, 0.29) is 27.7 Å². The number of hydrogen-bond acceptors (Lipinski definition) is 0. The monoisotopic (exact) mass is 268 g/mol. The van der Waals surface area contributed by atoms with Crippen molar-refractivity contribution in [2.75, 3.05) is 0 Å². The minimum Gasteiger partial charge on any atom is -0.0776 e. The molecule has 2 aromatic rings. The summed E-state index contributed by atoms with van der Waals surface area (Å²) in [5.74, 6) is 0. The summed E-state index contributed by atoms with van der Waals surface area (Å²) in [6.07, 6.45) is 8.95. The predicted octanol–water partition coefficient (Wildman–Crippen LogP) is 4.91. The molecule has 0 saturated heterocycles. The summed E-state index contributed by atoms with van der Waals surface area (Å²) in [5.41, 5.74) is 0.129.